The molecule has 0 aromatic carbocycles. The summed E-state index contributed by atoms with van der Waals surface area (Å²) in [6.45, 7) is 6.00. The van der Waals surface area contributed by atoms with Gasteiger partial charge in [-0.1, -0.05) is 33.1 Å². The molecule has 1 rings (SSSR count). The SMILES string of the molecule is CCCCC(CC)CNCC(O)c1ccco1. The molecule has 1 heterocycles. The molecule has 0 saturated heterocycles. The number of aliphatic hydroxyl groups excluding tert-OH is 1. The van der Waals surface area contributed by atoms with Gasteiger partial charge in [0.2, 0.25) is 0 Å². The average molecular weight is 239 g/mol. The lowest BCUT2D eigenvalue weighted by Gasteiger charge is -2.16. The number of nitrogens with one attached hydrogen (secondary N) is 1. The van der Waals surface area contributed by atoms with Crippen LogP contribution in [-0.2, 0) is 0 Å². The first-order chi connectivity index (χ1) is 8.27. The van der Waals surface area contributed by atoms with Crippen LogP contribution in [0.15, 0.2) is 22.8 Å². The molecule has 0 spiro atoms. The Morgan fingerprint density at radius 3 is 2.76 bits per heavy atom. The zero-order chi connectivity index (χ0) is 12.5. The molecule has 0 radical (unpaired) electrons. The Morgan fingerprint density at radius 2 is 2.18 bits per heavy atom. The first-order valence-electron chi connectivity index (χ1n) is 6.70. The van der Waals surface area contributed by atoms with Crippen LogP contribution in [0.1, 0.15) is 51.4 Å². The van der Waals surface area contributed by atoms with E-state index in [4.69, 9.17) is 4.42 Å². The molecule has 0 amide bonds. The zero-order valence-electron chi connectivity index (χ0n) is 11.0. The van der Waals surface area contributed by atoms with E-state index >= 15 is 0 Å². The highest BCUT2D eigenvalue weighted by Gasteiger charge is 2.11. The van der Waals surface area contributed by atoms with Crippen LogP contribution in [0.2, 0.25) is 0 Å². The third-order valence-corrected chi connectivity index (χ3v) is 3.19. The lowest BCUT2D eigenvalue weighted by atomic mass is 9.99. The highest BCUT2D eigenvalue weighted by atomic mass is 16.4. The van der Waals surface area contributed by atoms with E-state index in [0.717, 1.165) is 12.5 Å². The molecule has 2 atom stereocenters. The van der Waals surface area contributed by atoms with Crippen molar-refractivity contribution >= 4 is 0 Å². The number of furan rings is 1. The summed E-state index contributed by atoms with van der Waals surface area (Å²) in [5.41, 5.74) is 0. The predicted octanol–water partition coefficient (Wildman–Crippen LogP) is 3.12. The maximum absolute atomic E-state index is 9.81. The third-order valence-electron chi connectivity index (χ3n) is 3.19. The minimum absolute atomic E-state index is 0.534. The van der Waals surface area contributed by atoms with Gasteiger partial charge in [0, 0.05) is 6.54 Å². The van der Waals surface area contributed by atoms with Crippen LogP contribution in [0.5, 0.6) is 0 Å². The molecular weight excluding hydrogens is 214 g/mol. The Bertz CT molecular complexity index is 272. The molecule has 0 bridgehead atoms. The minimum Gasteiger partial charge on any atom is -0.467 e. The summed E-state index contributed by atoms with van der Waals surface area (Å²) in [7, 11) is 0. The van der Waals surface area contributed by atoms with Gasteiger partial charge in [-0.3, -0.25) is 0 Å². The standard InChI is InChI=1S/C14H25NO2/c1-3-5-7-12(4-2)10-15-11-13(16)14-8-6-9-17-14/h6,8-9,12-13,15-16H,3-5,7,10-11H2,1-2H3. The second-order valence-corrected chi connectivity index (χ2v) is 4.61. The fourth-order valence-electron chi connectivity index (χ4n) is 1.95. The topological polar surface area (TPSA) is 45.4 Å². The molecular formula is C14H25NO2. The maximum atomic E-state index is 9.81. The summed E-state index contributed by atoms with van der Waals surface area (Å²) in [4.78, 5) is 0. The van der Waals surface area contributed by atoms with Crippen LogP contribution in [0.25, 0.3) is 0 Å². The van der Waals surface area contributed by atoms with Crippen molar-refractivity contribution in [2.75, 3.05) is 13.1 Å². The minimum atomic E-state index is -0.534. The molecule has 2 unspecified atom stereocenters. The Balaban J connectivity index is 2.17. The Kier molecular flexibility index (Phi) is 6.97. The Hall–Kier alpha value is -0.800. The summed E-state index contributed by atoms with van der Waals surface area (Å²) in [6, 6.07) is 3.61. The summed E-state index contributed by atoms with van der Waals surface area (Å²) in [6.07, 6.45) is 6.08. The quantitative estimate of drug-likeness (QED) is 0.696. The van der Waals surface area contributed by atoms with Crippen LogP contribution >= 0.6 is 0 Å². The molecule has 1 aromatic heterocycles. The molecule has 2 N–H and O–H groups in total. The fraction of sp³-hybridized carbons (Fsp3) is 0.714. The van der Waals surface area contributed by atoms with Crippen LogP contribution in [0.3, 0.4) is 0 Å². The van der Waals surface area contributed by atoms with Gasteiger partial charge in [0.1, 0.15) is 11.9 Å². The van der Waals surface area contributed by atoms with E-state index in [9.17, 15) is 5.11 Å². The molecule has 0 aliphatic carbocycles. The van der Waals surface area contributed by atoms with Crippen LogP contribution in [0.4, 0.5) is 0 Å². The highest BCUT2D eigenvalue weighted by Crippen LogP contribution is 2.14. The zero-order valence-corrected chi connectivity index (χ0v) is 11.0. The van der Waals surface area contributed by atoms with Crippen LogP contribution in [-0.4, -0.2) is 18.2 Å². The van der Waals surface area contributed by atoms with E-state index in [0.29, 0.717) is 12.3 Å². The lowest BCUT2D eigenvalue weighted by Crippen LogP contribution is -2.27. The molecule has 0 saturated carbocycles. The summed E-state index contributed by atoms with van der Waals surface area (Å²) >= 11 is 0. The van der Waals surface area contributed by atoms with Gasteiger partial charge in [0.25, 0.3) is 0 Å². The second-order valence-electron chi connectivity index (χ2n) is 4.61. The third kappa shape index (κ3) is 5.37. The maximum Gasteiger partial charge on any atom is 0.133 e. The largest absolute Gasteiger partial charge is 0.467 e. The van der Waals surface area contributed by atoms with E-state index in [1.54, 1.807) is 18.4 Å². The lowest BCUT2D eigenvalue weighted by molar-refractivity contribution is 0.145. The summed E-state index contributed by atoms with van der Waals surface area (Å²) < 4.78 is 5.15. The molecule has 3 heteroatoms. The second kappa shape index (κ2) is 8.31. The van der Waals surface area contributed by atoms with Crippen molar-refractivity contribution in [3.63, 3.8) is 0 Å². The molecule has 3 nitrogen and oxygen atoms in total. The van der Waals surface area contributed by atoms with Crippen LogP contribution in [0, 0.1) is 5.92 Å². The molecule has 0 fully saturated rings. The highest BCUT2D eigenvalue weighted by molar-refractivity contribution is 5.02. The van der Waals surface area contributed by atoms with Gasteiger partial charge in [0.05, 0.1) is 6.26 Å². The van der Waals surface area contributed by atoms with Gasteiger partial charge in [0.15, 0.2) is 0 Å². The number of hydrogen-bond donors (Lipinski definition) is 2. The summed E-state index contributed by atoms with van der Waals surface area (Å²) in [5.74, 6) is 1.36. The van der Waals surface area contributed by atoms with Gasteiger partial charge < -0.3 is 14.8 Å². The number of hydrogen-bond acceptors (Lipinski definition) is 3. The van der Waals surface area contributed by atoms with Crippen molar-refractivity contribution in [3.05, 3.63) is 24.2 Å². The first-order valence-corrected chi connectivity index (χ1v) is 6.70. The van der Waals surface area contributed by atoms with Crippen molar-refractivity contribution in [2.45, 2.75) is 45.6 Å². The normalized spacial score (nSPS) is 14.8. The molecule has 98 valence electrons. The van der Waals surface area contributed by atoms with Gasteiger partial charge in [-0.15, -0.1) is 0 Å². The first kappa shape index (κ1) is 14.3. The molecule has 0 aliphatic heterocycles. The average Bonchev–Trinajstić information content (AvgIpc) is 2.87. The fourth-order valence-corrected chi connectivity index (χ4v) is 1.95. The van der Waals surface area contributed by atoms with Crippen molar-refractivity contribution in [1.82, 2.24) is 5.32 Å². The number of rotatable bonds is 9. The van der Waals surface area contributed by atoms with E-state index in [1.807, 2.05) is 0 Å². The van der Waals surface area contributed by atoms with Crippen molar-refractivity contribution in [1.29, 1.82) is 0 Å². The van der Waals surface area contributed by atoms with E-state index < -0.39 is 6.10 Å². The van der Waals surface area contributed by atoms with E-state index in [1.165, 1.54) is 25.7 Å². The van der Waals surface area contributed by atoms with Gasteiger partial charge in [-0.25, -0.2) is 0 Å². The van der Waals surface area contributed by atoms with E-state index in [-0.39, 0.29) is 0 Å². The Labute approximate surface area is 104 Å². The number of unbranched alkanes of at least 4 members (excludes halogenated alkanes) is 1. The van der Waals surface area contributed by atoms with Crippen molar-refractivity contribution in [2.24, 2.45) is 5.92 Å². The van der Waals surface area contributed by atoms with Crippen molar-refractivity contribution in [3.8, 4) is 0 Å². The molecule has 17 heavy (non-hydrogen) atoms. The monoisotopic (exact) mass is 239 g/mol. The van der Waals surface area contributed by atoms with Crippen molar-refractivity contribution < 1.29 is 9.52 Å². The van der Waals surface area contributed by atoms with Gasteiger partial charge in [-0.05, 0) is 31.0 Å². The predicted molar refractivity (Wildman–Crippen MR) is 69.8 cm³/mol. The van der Waals surface area contributed by atoms with Crippen LogP contribution < -0.4 is 5.32 Å². The number of aliphatic hydroxyl groups is 1. The Morgan fingerprint density at radius 1 is 1.35 bits per heavy atom. The van der Waals surface area contributed by atoms with Gasteiger partial charge in [-0.2, -0.15) is 0 Å². The molecule has 0 aliphatic rings. The van der Waals surface area contributed by atoms with E-state index in [2.05, 4.69) is 19.2 Å². The smallest absolute Gasteiger partial charge is 0.133 e. The van der Waals surface area contributed by atoms with Gasteiger partial charge >= 0.3 is 0 Å². The summed E-state index contributed by atoms with van der Waals surface area (Å²) in [5, 5.41) is 13.1. The molecule has 1 aromatic rings.